The first-order chi connectivity index (χ1) is 20.3. The van der Waals surface area contributed by atoms with E-state index in [0.29, 0.717) is 0 Å². The number of hydrogen-bond acceptors (Lipinski definition) is 6. The van der Waals surface area contributed by atoms with E-state index in [-0.39, 0.29) is 13.0 Å². The Hall–Kier alpha value is -4.23. The quantitative estimate of drug-likeness (QED) is 0.269. The lowest BCUT2D eigenvalue weighted by Gasteiger charge is -2.31. The predicted molar refractivity (Wildman–Crippen MR) is 166 cm³/mol. The number of carbonyl (C=O) groups excluding carboxylic acids is 3. The smallest absolute Gasteiger partial charge is 0.338 e. The van der Waals surface area contributed by atoms with E-state index in [2.05, 4.69) is 36.5 Å². The Balaban J connectivity index is 1.52. The highest BCUT2D eigenvalue weighted by Gasteiger charge is 2.48. The highest BCUT2D eigenvalue weighted by Crippen LogP contribution is 2.31. The topological polar surface area (TPSA) is 90.9 Å². The van der Waals surface area contributed by atoms with Crippen LogP contribution in [0.1, 0.15) is 57.7 Å². The summed E-state index contributed by atoms with van der Waals surface area (Å²) >= 11 is 0. The Bertz CT molecular complexity index is 1460. The molecule has 0 aromatic heterocycles. The van der Waals surface area contributed by atoms with E-state index in [0.717, 1.165) is 27.8 Å². The number of ether oxygens (including phenoxy) is 3. The Morgan fingerprint density at radius 3 is 2.23 bits per heavy atom. The van der Waals surface area contributed by atoms with Crippen molar-refractivity contribution in [1.29, 1.82) is 0 Å². The van der Waals surface area contributed by atoms with E-state index in [1.807, 2.05) is 87.5 Å². The van der Waals surface area contributed by atoms with Crippen molar-refractivity contribution in [2.24, 2.45) is 11.3 Å². The van der Waals surface area contributed by atoms with Crippen LogP contribution in [0.3, 0.4) is 0 Å². The molecule has 1 fully saturated rings. The third-order valence-electron chi connectivity index (χ3n) is 7.34. The minimum absolute atomic E-state index is 0.0863. The van der Waals surface area contributed by atoms with Gasteiger partial charge in [0.05, 0.1) is 5.92 Å². The highest BCUT2D eigenvalue weighted by molar-refractivity contribution is 5.91. The van der Waals surface area contributed by atoms with Gasteiger partial charge in [-0.3, -0.25) is 4.79 Å². The standard InChI is InChI=1S/C36H41NO6/c1-24-22-25(20-21-28(24)27-17-11-8-12-18-27)16-13-19-29(30-33(39)43-36(5,6)42-30)32(38)37-31(35(2,3)4)34(40)41-23-26-14-9-7-10-15-26/h7-18,20-22,29-31H,19,23H2,1-6H3,(H,37,38)/t29-,30+,31-/m1/s1. The van der Waals surface area contributed by atoms with Gasteiger partial charge in [-0.2, -0.15) is 0 Å². The summed E-state index contributed by atoms with van der Waals surface area (Å²) in [6, 6.07) is 24.7. The van der Waals surface area contributed by atoms with Gasteiger partial charge in [-0.15, -0.1) is 0 Å². The van der Waals surface area contributed by atoms with Gasteiger partial charge in [0.1, 0.15) is 12.6 Å². The van der Waals surface area contributed by atoms with E-state index in [1.54, 1.807) is 13.8 Å². The molecule has 3 aromatic carbocycles. The second-order valence-electron chi connectivity index (χ2n) is 12.4. The highest BCUT2D eigenvalue weighted by atomic mass is 16.8. The van der Waals surface area contributed by atoms with Gasteiger partial charge in [-0.25, -0.2) is 9.59 Å². The summed E-state index contributed by atoms with van der Waals surface area (Å²) in [7, 11) is 0. The minimum atomic E-state index is -1.16. The monoisotopic (exact) mass is 583 g/mol. The number of rotatable bonds is 10. The summed E-state index contributed by atoms with van der Waals surface area (Å²) in [5.41, 5.74) is 4.55. The summed E-state index contributed by atoms with van der Waals surface area (Å²) in [5, 5.41) is 2.87. The fourth-order valence-electron chi connectivity index (χ4n) is 5.07. The van der Waals surface area contributed by atoms with E-state index in [1.165, 1.54) is 0 Å². The van der Waals surface area contributed by atoms with Gasteiger partial charge in [-0.05, 0) is 46.6 Å². The second kappa shape index (κ2) is 13.4. The van der Waals surface area contributed by atoms with Crippen molar-refractivity contribution < 1.29 is 28.6 Å². The molecule has 1 heterocycles. The minimum Gasteiger partial charge on any atom is -0.459 e. The summed E-state index contributed by atoms with van der Waals surface area (Å²) < 4.78 is 16.8. The number of allylic oxidation sites excluding steroid dienone is 1. The molecule has 7 nitrogen and oxygen atoms in total. The number of benzene rings is 3. The number of nitrogens with one attached hydrogen (secondary N) is 1. The third kappa shape index (κ3) is 8.42. The predicted octanol–water partition coefficient (Wildman–Crippen LogP) is 6.63. The lowest BCUT2D eigenvalue weighted by atomic mass is 9.85. The van der Waals surface area contributed by atoms with Crippen molar-refractivity contribution in [2.75, 3.05) is 0 Å². The molecule has 0 saturated carbocycles. The normalized spacial score (nSPS) is 17.7. The maximum atomic E-state index is 13.8. The van der Waals surface area contributed by atoms with E-state index < -0.39 is 47.1 Å². The molecule has 0 bridgehead atoms. The van der Waals surface area contributed by atoms with Crippen LogP contribution in [0.5, 0.6) is 0 Å². The molecule has 1 aliphatic heterocycles. The second-order valence-corrected chi connectivity index (χ2v) is 12.4. The van der Waals surface area contributed by atoms with Gasteiger partial charge in [0, 0.05) is 13.8 Å². The maximum absolute atomic E-state index is 13.8. The Kier molecular flexibility index (Phi) is 9.87. The first kappa shape index (κ1) is 31.7. The summed E-state index contributed by atoms with van der Waals surface area (Å²) in [6.45, 7) is 11.0. The van der Waals surface area contributed by atoms with E-state index in [4.69, 9.17) is 14.2 Å². The molecule has 1 amide bonds. The third-order valence-corrected chi connectivity index (χ3v) is 7.34. The van der Waals surface area contributed by atoms with Gasteiger partial charge in [0.25, 0.3) is 0 Å². The van der Waals surface area contributed by atoms with Crippen LogP contribution in [-0.2, 0) is 35.2 Å². The number of esters is 2. The number of cyclic esters (lactones) is 1. The Morgan fingerprint density at radius 2 is 1.65 bits per heavy atom. The van der Waals surface area contributed by atoms with Crippen LogP contribution < -0.4 is 5.32 Å². The average Bonchev–Trinajstić information content (AvgIpc) is 3.24. The van der Waals surface area contributed by atoms with Crippen LogP contribution in [0, 0.1) is 18.3 Å². The van der Waals surface area contributed by atoms with Gasteiger partial charge in [-0.1, -0.05) is 112 Å². The van der Waals surface area contributed by atoms with E-state index in [9.17, 15) is 14.4 Å². The number of aryl methyl sites for hydroxylation is 1. The fraction of sp³-hybridized carbons (Fsp3) is 0.361. The van der Waals surface area contributed by atoms with Crippen molar-refractivity contribution in [3.63, 3.8) is 0 Å². The first-order valence-electron chi connectivity index (χ1n) is 14.6. The maximum Gasteiger partial charge on any atom is 0.338 e. The molecule has 3 aromatic rings. The zero-order valence-electron chi connectivity index (χ0n) is 25.8. The molecule has 1 N–H and O–H groups in total. The van der Waals surface area contributed by atoms with Crippen molar-refractivity contribution in [2.45, 2.75) is 72.5 Å². The fourth-order valence-corrected chi connectivity index (χ4v) is 5.07. The molecule has 0 spiro atoms. The molecule has 43 heavy (non-hydrogen) atoms. The van der Waals surface area contributed by atoms with Crippen LogP contribution in [0.15, 0.2) is 84.9 Å². The van der Waals surface area contributed by atoms with Crippen molar-refractivity contribution >= 4 is 23.9 Å². The van der Waals surface area contributed by atoms with Crippen LogP contribution in [0.4, 0.5) is 0 Å². The molecular weight excluding hydrogens is 542 g/mol. The van der Waals surface area contributed by atoms with Crippen LogP contribution >= 0.6 is 0 Å². The molecule has 226 valence electrons. The average molecular weight is 584 g/mol. The lowest BCUT2D eigenvalue weighted by Crippen LogP contribution is -2.53. The zero-order valence-corrected chi connectivity index (χ0v) is 25.8. The Morgan fingerprint density at radius 1 is 1.00 bits per heavy atom. The first-order valence-corrected chi connectivity index (χ1v) is 14.6. The summed E-state index contributed by atoms with van der Waals surface area (Å²) in [4.78, 5) is 39.8. The molecule has 7 heteroatoms. The van der Waals surface area contributed by atoms with Crippen molar-refractivity contribution in [3.8, 4) is 11.1 Å². The molecule has 0 unspecified atom stereocenters. The van der Waals surface area contributed by atoms with Crippen LogP contribution in [0.25, 0.3) is 17.2 Å². The van der Waals surface area contributed by atoms with Crippen LogP contribution in [0.2, 0.25) is 0 Å². The number of hydrogen-bond donors (Lipinski definition) is 1. The SMILES string of the molecule is Cc1cc(C=CC[C@@H](C(=O)N[C@H](C(=O)OCc2ccccc2)C(C)(C)C)[C@@H]2OC(C)(C)OC2=O)ccc1-c1ccccc1. The molecule has 1 aliphatic rings. The zero-order chi connectivity index (χ0) is 31.2. The Labute approximate surface area is 254 Å². The number of amides is 1. The summed E-state index contributed by atoms with van der Waals surface area (Å²) in [6.07, 6.45) is 2.84. The summed E-state index contributed by atoms with van der Waals surface area (Å²) in [5.74, 6) is -3.74. The van der Waals surface area contributed by atoms with Gasteiger partial charge in [0.15, 0.2) is 6.10 Å². The van der Waals surface area contributed by atoms with Crippen molar-refractivity contribution in [1.82, 2.24) is 5.32 Å². The van der Waals surface area contributed by atoms with Crippen molar-refractivity contribution in [3.05, 3.63) is 102 Å². The molecular formula is C36H41NO6. The molecule has 0 radical (unpaired) electrons. The number of carbonyl (C=O) groups is 3. The van der Waals surface area contributed by atoms with Gasteiger partial charge in [0.2, 0.25) is 11.7 Å². The van der Waals surface area contributed by atoms with Gasteiger partial charge >= 0.3 is 11.9 Å². The van der Waals surface area contributed by atoms with E-state index >= 15 is 0 Å². The van der Waals surface area contributed by atoms with Crippen LogP contribution in [-0.4, -0.2) is 35.8 Å². The van der Waals surface area contributed by atoms with Gasteiger partial charge < -0.3 is 19.5 Å². The molecule has 1 saturated heterocycles. The molecule has 4 rings (SSSR count). The molecule has 3 atom stereocenters. The largest absolute Gasteiger partial charge is 0.459 e. The molecule has 0 aliphatic carbocycles. The lowest BCUT2D eigenvalue weighted by molar-refractivity contribution is -0.162.